The van der Waals surface area contributed by atoms with Gasteiger partial charge in [-0.1, -0.05) is 26.0 Å². The van der Waals surface area contributed by atoms with Crippen LogP contribution in [0.5, 0.6) is 0 Å². The normalized spacial score (nSPS) is 30.8. The van der Waals surface area contributed by atoms with Crippen molar-refractivity contribution in [3.63, 3.8) is 0 Å². The number of rotatable bonds is 3. The van der Waals surface area contributed by atoms with E-state index in [-0.39, 0.29) is 29.0 Å². The molecule has 1 saturated carbocycles. The maximum absolute atomic E-state index is 13.6. The van der Waals surface area contributed by atoms with Crippen LogP contribution in [0.15, 0.2) is 24.3 Å². The molecule has 1 saturated heterocycles. The van der Waals surface area contributed by atoms with E-state index in [2.05, 4.69) is 0 Å². The maximum atomic E-state index is 13.6. The Morgan fingerprint density at radius 3 is 2.80 bits per heavy atom. The quantitative estimate of drug-likeness (QED) is 0.630. The number of hydrogen-bond donors (Lipinski definition) is 0. The smallest absolute Gasteiger partial charge is 0.168 e. The predicted molar refractivity (Wildman–Crippen MR) is 71.0 cm³/mol. The first-order valence-corrected chi connectivity index (χ1v) is 6.81. The highest BCUT2D eigenvalue weighted by Gasteiger charge is 2.65. The van der Waals surface area contributed by atoms with Gasteiger partial charge in [-0.05, 0) is 24.0 Å². The van der Waals surface area contributed by atoms with Crippen LogP contribution in [0.4, 0.5) is 4.39 Å². The summed E-state index contributed by atoms with van der Waals surface area (Å²) in [6, 6.07) is 5.93. The van der Waals surface area contributed by atoms with Crippen molar-refractivity contribution in [1.29, 1.82) is 0 Å². The first-order valence-electron chi connectivity index (χ1n) is 6.81. The van der Waals surface area contributed by atoms with E-state index >= 15 is 0 Å². The molecule has 0 radical (unpaired) electrons. The van der Waals surface area contributed by atoms with E-state index in [0.29, 0.717) is 12.8 Å². The first kappa shape index (κ1) is 13.4. The molecule has 0 bridgehead atoms. The van der Waals surface area contributed by atoms with Crippen molar-refractivity contribution in [2.75, 3.05) is 0 Å². The van der Waals surface area contributed by atoms with Gasteiger partial charge in [0.25, 0.3) is 0 Å². The second-order valence-electron chi connectivity index (χ2n) is 6.63. The summed E-state index contributed by atoms with van der Waals surface area (Å²) in [5.74, 6) is -0.758. The van der Waals surface area contributed by atoms with Crippen LogP contribution >= 0.6 is 0 Å². The van der Waals surface area contributed by atoms with Gasteiger partial charge >= 0.3 is 0 Å². The summed E-state index contributed by atoms with van der Waals surface area (Å²) in [6.45, 7) is 4.00. The van der Waals surface area contributed by atoms with Crippen LogP contribution < -0.4 is 0 Å². The number of carbonyl (C=O) groups excluding carboxylic acids is 2. The van der Waals surface area contributed by atoms with Gasteiger partial charge in [0.15, 0.2) is 11.6 Å². The first-order chi connectivity index (χ1) is 9.33. The molecular formula is C16H17FO3. The molecule has 2 atom stereocenters. The number of ketones is 2. The molecule has 3 nitrogen and oxygen atoms in total. The minimum Gasteiger partial charge on any atom is -0.357 e. The zero-order valence-corrected chi connectivity index (χ0v) is 11.6. The highest BCUT2D eigenvalue weighted by Crippen LogP contribution is 2.54. The molecule has 0 aromatic heterocycles. The molecule has 1 aliphatic heterocycles. The third-order valence-electron chi connectivity index (χ3n) is 4.13. The number of epoxide rings is 1. The lowest BCUT2D eigenvalue weighted by atomic mass is 9.70. The zero-order valence-electron chi connectivity index (χ0n) is 11.6. The Morgan fingerprint density at radius 2 is 2.10 bits per heavy atom. The third kappa shape index (κ3) is 2.18. The molecule has 20 heavy (non-hydrogen) atoms. The van der Waals surface area contributed by atoms with Crippen LogP contribution in [0.1, 0.15) is 43.5 Å². The molecule has 3 rings (SSSR count). The van der Waals surface area contributed by atoms with E-state index in [0.717, 1.165) is 0 Å². The second kappa shape index (κ2) is 4.22. The average Bonchev–Trinajstić information content (AvgIpc) is 3.02. The SMILES string of the molecule is CC1(C)CC(=O)C2OC2(CC(=O)c2ccccc2F)C1. The molecule has 4 heteroatoms. The zero-order chi connectivity index (χ0) is 14.5. The number of halogens is 1. The van der Waals surface area contributed by atoms with Gasteiger partial charge in [0.05, 0.1) is 5.56 Å². The average molecular weight is 276 g/mol. The fourth-order valence-electron chi connectivity index (χ4n) is 3.38. The van der Waals surface area contributed by atoms with Crippen molar-refractivity contribution in [2.45, 2.75) is 44.8 Å². The topological polar surface area (TPSA) is 46.7 Å². The highest BCUT2D eigenvalue weighted by atomic mass is 19.1. The van der Waals surface area contributed by atoms with Crippen molar-refractivity contribution in [2.24, 2.45) is 5.41 Å². The molecule has 2 unspecified atom stereocenters. The van der Waals surface area contributed by atoms with Gasteiger partial charge in [-0.15, -0.1) is 0 Å². The Labute approximate surface area is 117 Å². The molecule has 1 heterocycles. The lowest BCUT2D eigenvalue weighted by Crippen LogP contribution is -2.37. The Morgan fingerprint density at radius 1 is 1.40 bits per heavy atom. The maximum Gasteiger partial charge on any atom is 0.168 e. The lowest BCUT2D eigenvalue weighted by molar-refractivity contribution is -0.123. The van der Waals surface area contributed by atoms with Crippen molar-refractivity contribution in [3.05, 3.63) is 35.6 Å². The summed E-state index contributed by atoms with van der Waals surface area (Å²) in [5, 5.41) is 0. The lowest BCUT2D eigenvalue weighted by Gasteiger charge is -2.31. The third-order valence-corrected chi connectivity index (χ3v) is 4.13. The van der Waals surface area contributed by atoms with E-state index in [1.54, 1.807) is 12.1 Å². The molecule has 106 valence electrons. The van der Waals surface area contributed by atoms with Gasteiger partial charge in [0.1, 0.15) is 17.5 Å². The fourth-order valence-corrected chi connectivity index (χ4v) is 3.38. The monoisotopic (exact) mass is 276 g/mol. The van der Waals surface area contributed by atoms with Crippen LogP contribution in [-0.2, 0) is 9.53 Å². The summed E-state index contributed by atoms with van der Waals surface area (Å²) >= 11 is 0. The largest absolute Gasteiger partial charge is 0.357 e. The molecule has 0 amide bonds. The minimum atomic E-state index is -0.696. The van der Waals surface area contributed by atoms with Gasteiger partial charge in [-0.2, -0.15) is 0 Å². The summed E-state index contributed by atoms with van der Waals surface area (Å²) < 4.78 is 19.2. The number of hydrogen-bond acceptors (Lipinski definition) is 3. The Balaban J connectivity index is 1.81. The van der Waals surface area contributed by atoms with Gasteiger partial charge in [0.2, 0.25) is 0 Å². The molecule has 0 spiro atoms. The molecule has 1 aromatic rings. The highest BCUT2D eigenvalue weighted by molar-refractivity contribution is 5.99. The number of carbonyl (C=O) groups is 2. The standard InChI is InChI=1S/C16H17FO3/c1-15(2)7-13(19)14-16(9-15,20-14)8-12(18)10-5-3-4-6-11(10)17/h3-6,14H,7-9H2,1-2H3. The Kier molecular flexibility index (Phi) is 2.83. The van der Waals surface area contributed by atoms with Crippen LogP contribution in [0.3, 0.4) is 0 Å². The van der Waals surface area contributed by atoms with E-state index < -0.39 is 17.5 Å². The fraction of sp³-hybridized carbons (Fsp3) is 0.500. The molecule has 0 N–H and O–H groups in total. The van der Waals surface area contributed by atoms with Crippen LogP contribution in [-0.4, -0.2) is 23.3 Å². The summed E-state index contributed by atoms with van der Waals surface area (Å²) in [6.07, 6.45) is 0.753. The van der Waals surface area contributed by atoms with Crippen molar-refractivity contribution >= 4 is 11.6 Å². The molecule has 1 aliphatic carbocycles. The number of fused-ring (bicyclic) bond motifs is 1. The Hall–Kier alpha value is -1.55. The Bertz CT molecular complexity index is 593. The van der Waals surface area contributed by atoms with Crippen LogP contribution in [0.25, 0.3) is 0 Å². The number of Topliss-reactive ketones (excluding diaryl/α,β-unsaturated/α-hetero) is 2. The summed E-state index contributed by atoms with van der Waals surface area (Å²) in [4.78, 5) is 24.2. The van der Waals surface area contributed by atoms with E-state index in [1.807, 2.05) is 13.8 Å². The van der Waals surface area contributed by atoms with Crippen molar-refractivity contribution < 1.29 is 18.7 Å². The summed E-state index contributed by atoms with van der Waals surface area (Å²) in [7, 11) is 0. The predicted octanol–water partition coefficient (Wildman–Crippen LogP) is 2.93. The van der Waals surface area contributed by atoms with E-state index in [9.17, 15) is 14.0 Å². The molecule has 2 aliphatic rings. The molecule has 2 fully saturated rings. The van der Waals surface area contributed by atoms with Crippen LogP contribution in [0, 0.1) is 11.2 Å². The van der Waals surface area contributed by atoms with Crippen molar-refractivity contribution in [3.8, 4) is 0 Å². The minimum absolute atomic E-state index is 0.0579. The summed E-state index contributed by atoms with van der Waals surface area (Å²) in [5.41, 5.74) is -0.787. The van der Waals surface area contributed by atoms with Gasteiger partial charge in [-0.3, -0.25) is 9.59 Å². The van der Waals surface area contributed by atoms with E-state index in [1.165, 1.54) is 12.1 Å². The molecule has 1 aromatic carbocycles. The number of ether oxygens (including phenoxy) is 1. The van der Waals surface area contributed by atoms with Gasteiger partial charge < -0.3 is 4.74 Å². The van der Waals surface area contributed by atoms with Gasteiger partial charge in [-0.25, -0.2) is 4.39 Å². The van der Waals surface area contributed by atoms with E-state index in [4.69, 9.17) is 4.74 Å². The number of benzene rings is 1. The van der Waals surface area contributed by atoms with Crippen molar-refractivity contribution in [1.82, 2.24) is 0 Å². The molecular weight excluding hydrogens is 259 g/mol. The van der Waals surface area contributed by atoms with Crippen LogP contribution in [0.2, 0.25) is 0 Å². The second-order valence-corrected chi connectivity index (χ2v) is 6.63. The van der Waals surface area contributed by atoms with Gasteiger partial charge in [0, 0.05) is 12.8 Å².